The normalized spacial score (nSPS) is 24.9. The molecule has 0 saturated carbocycles. The van der Waals surface area contributed by atoms with Gasteiger partial charge in [0, 0.05) is 25.3 Å². The number of likely N-dealkylation sites (tertiary alicyclic amines) is 1. The largest absolute Gasteiger partial charge is 0.493 e. The van der Waals surface area contributed by atoms with E-state index < -0.39 is 11.9 Å². The number of para-hydroxylation sites is 1. The van der Waals surface area contributed by atoms with Crippen LogP contribution in [0.5, 0.6) is 11.5 Å². The maximum absolute atomic E-state index is 12.9. The van der Waals surface area contributed by atoms with Gasteiger partial charge >= 0.3 is 5.97 Å². The van der Waals surface area contributed by atoms with Gasteiger partial charge in [0.05, 0.1) is 24.7 Å². The lowest BCUT2D eigenvalue weighted by molar-refractivity contribution is -0.145. The highest BCUT2D eigenvalue weighted by atomic mass is 16.5. The minimum Gasteiger partial charge on any atom is -0.493 e. The Morgan fingerprint density at radius 3 is 2.71 bits per heavy atom. The van der Waals surface area contributed by atoms with Crippen LogP contribution in [0.15, 0.2) is 23.8 Å². The first-order chi connectivity index (χ1) is 13.6. The van der Waals surface area contributed by atoms with Crippen molar-refractivity contribution in [3.8, 4) is 11.5 Å². The first-order valence-electron chi connectivity index (χ1n) is 9.72. The molecule has 1 unspecified atom stereocenters. The maximum Gasteiger partial charge on any atom is 0.309 e. The molecule has 1 aromatic carbocycles. The molecule has 2 fully saturated rings. The van der Waals surface area contributed by atoms with E-state index in [-0.39, 0.29) is 24.5 Å². The average Bonchev–Trinajstić information content (AvgIpc) is 3.23. The third-order valence-corrected chi connectivity index (χ3v) is 5.95. The number of amides is 1. The van der Waals surface area contributed by atoms with Crippen molar-refractivity contribution in [1.82, 2.24) is 4.90 Å². The van der Waals surface area contributed by atoms with Crippen molar-refractivity contribution >= 4 is 18.0 Å². The minimum atomic E-state index is -0.778. The Kier molecular flexibility index (Phi) is 5.26. The molecular weight excluding hydrogens is 362 g/mol. The second-order valence-corrected chi connectivity index (χ2v) is 7.54. The standard InChI is InChI=1S/C21H25NO6/c1-26-17-4-2-3-14-11-15(12-28-19(14)17)20(23)22-8-5-13(6-9-22)18-16(21(24)25)7-10-27-18/h2-4,11,13,16,18H,5-10,12H2,1H3,(H,24,25)/t16?,18-/m0/s1. The van der Waals surface area contributed by atoms with Gasteiger partial charge in [-0.1, -0.05) is 12.1 Å². The van der Waals surface area contributed by atoms with Crippen LogP contribution in [0.25, 0.3) is 6.08 Å². The van der Waals surface area contributed by atoms with Crippen LogP contribution in [-0.4, -0.2) is 61.4 Å². The van der Waals surface area contributed by atoms with E-state index in [1.54, 1.807) is 7.11 Å². The molecule has 150 valence electrons. The topological polar surface area (TPSA) is 85.3 Å². The van der Waals surface area contributed by atoms with E-state index in [0.717, 1.165) is 18.4 Å². The molecule has 28 heavy (non-hydrogen) atoms. The van der Waals surface area contributed by atoms with Gasteiger partial charge in [-0.3, -0.25) is 9.59 Å². The highest BCUT2D eigenvalue weighted by Crippen LogP contribution is 2.37. The fourth-order valence-electron chi connectivity index (χ4n) is 4.44. The molecule has 1 aromatic rings. The Labute approximate surface area is 163 Å². The van der Waals surface area contributed by atoms with Crippen LogP contribution >= 0.6 is 0 Å². The number of nitrogens with zero attached hydrogens (tertiary/aromatic N) is 1. The number of carboxylic acids is 1. The average molecular weight is 387 g/mol. The Morgan fingerprint density at radius 1 is 1.21 bits per heavy atom. The van der Waals surface area contributed by atoms with E-state index in [1.807, 2.05) is 29.2 Å². The monoisotopic (exact) mass is 387 g/mol. The first-order valence-corrected chi connectivity index (χ1v) is 9.72. The number of methoxy groups -OCH3 is 1. The van der Waals surface area contributed by atoms with E-state index in [1.165, 1.54) is 0 Å². The molecule has 0 radical (unpaired) electrons. The van der Waals surface area contributed by atoms with Crippen molar-refractivity contribution in [3.63, 3.8) is 0 Å². The van der Waals surface area contributed by atoms with Crippen LogP contribution in [0.1, 0.15) is 24.8 Å². The predicted molar refractivity (Wildman–Crippen MR) is 101 cm³/mol. The molecule has 2 saturated heterocycles. The lowest BCUT2D eigenvalue weighted by atomic mass is 9.84. The van der Waals surface area contributed by atoms with E-state index in [4.69, 9.17) is 14.2 Å². The van der Waals surface area contributed by atoms with E-state index >= 15 is 0 Å². The highest BCUT2D eigenvalue weighted by Gasteiger charge is 2.41. The molecule has 3 aliphatic rings. The number of rotatable bonds is 4. The second kappa shape index (κ2) is 7.83. The lowest BCUT2D eigenvalue weighted by Crippen LogP contribution is -2.44. The van der Waals surface area contributed by atoms with Gasteiger partial charge in [-0.2, -0.15) is 0 Å². The molecule has 3 heterocycles. The smallest absolute Gasteiger partial charge is 0.309 e. The number of carbonyl (C=O) groups excluding carboxylic acids is 1. The maximum atomic E-state index is 12.9. The van der Waals surface area contributed by atoms with Crippen LogP contribution in [0.4, 0.5) is 0 Å². The predicted octanol–water partition coefficient (Wildman–Crippen LogP) is 2.20. The van der Waals surface area contributed by atoms with Crippen molar-refractivity contribution < 1.29 is 28.9 Å². The lowest BCUT2D eigenvalue weighted by Gasteiger charge is -2.36. The molecule has 2 atom stereocenters. The van der Waals surface area contributed by atoms with E-state index in [0.29, 0.717) is 43.2 Å². The van der Waals surface area contributed by atoms with Crippen molar-refractivity contribution in [1.29, 1.82) is 0 Å². The van der Waals surface area contributed by atoms with Gasteiger partial charge in [0.15, 0.2) is 11.5 Å². The van der Waals surface area contributed by atoms with Crippen LogP contribution in [0.2, 0.25) is 0 Å². The van der Waals surface area contributed by atoms with Gasteiger partial charge in [-0.25, -0.2) is 0 Å². The van der Waals surface area contributed by atoms with Gasteiger partial charge in [0.25, 0.3) is 5.91 Å². The van der Waals surface area contributed by atoms with Gasteiger partial charge in [0.1, 0.15) is 6.61 Å². The first kappa shape index (κ1) is 18.8. The Bertz CT molecular complexity index is 796. The molecule has 1 amide bonds. The summed E-state index contributed by atoms with van der Waals surface area (Å²) in [5.41, 5.74) is 1.47. The van der Waals surface area contributed by atoms with Crippen molar-refractivity contribution in [2.45, 2.75) is 25.4 Å². The van der Waals surface area contributed by atoms with Crippen LogP contribution in [0.3, 0.4) is 0 Å². The summed E-state index contributed by atoms with van der Waals surface area (Å²) in [7, 11) is 1.59. The summed E-state index contributed by atoms with van der Waals surface area (Å²) in [4.78, 5) is 26.2. The van der Waals surface area contributed by atoms with Gasteiger partial charge < -0.3 is 24.2 Å². The van der Waals surface area contributed by atoms with Crippen LogP contribution in [0, 0.1) is 11.8 Å². The zero-order valence-electron chi connectivity index (χ0n) is 15.9. The fourth-order valence-corrected chi connectivity index (χ4v) is 4.44. The molecule has 7 nitrogen and oxygen atoms in total. The molecule has 3 aliphatic heterocycles. The molecule has 4 rings (SSSR count). The molecule has 0 spiro atoms. The molecular formula is C21H25NO6. The minimum absolute atomic E-state index is 0.0194. The summed E-state index contributed by atoms with van der Waals surface area (Å²) >= 11 is 0. The molecule has 0 aromatic heterocycles. The zero-order chi connectivity index (χ0) is 19.7. The number of aliphatic carboxylic acids is 1. The molecule has 7 heteroatoms. The number of benzene rings is 1. The van der Waals surface area contributed by atoms with Gasteiger partial charge in [-0.05, 0) is 37.3 Å². The molecule has 0 aliphatic carbocycles. The Balaban J connectivity index is 1.40. The summed E-state index contributed by atoms with van der Waals surface area (Å²) in [5.74, 6) is 0.292. The summed E-state index contributed by atoms with van der Waals surface area (Å²) in [5, 5.41) is 9.37. The van der Waals surface area contributed by atoms with Gasteiger partial charge in [0.2, 0.25) is 0 Å². The Morgan fingerprint density at radius 2 is 2.00 bits per heavy atom. The number of piperidine rings is 1. The summed E-state index contributed by atoms with van der Waals surface area (Å²) < 4.78 is 16.8. The Hall–Kier alpha value is -2.54. The number of ether oxygens (including phenoxy) is 3. The third-order valence-electron chi connectivity index (χ3n) is 5.95. The highest BCUT2D eigenvalue weighted by molar-refractivity contribution is 5.99. The molecule has 1 N–H and O–H groups in total. The second-order valence-electron chi connectivity index (χ2n) is 7.54. The number of hydrogen-bond donors (Lipinski definition) is 1. The van der Waals surface area contributed by atoms with Crippen molar-refractivity contribution in [2.24, 2.45) is 11.8 Å². The quantitative estimate of drug-likeness (QED) is 0.853. The van der Waals surface area contributed by atoms with Crippen molar-refractivity contribution in [3.05, 3.63) is 29.3 Å². The third kappa shape index (κ3) is 3.46. The number of fused-ring (bicyclic) bond motifs is 1. The fraction of sp³-hybridized carbons (Fsp3) is 0.524. The summed E-state index contributed by atoms with van der Waals surface area (Å²) in [6.07, 6.45) is 3.74. The van der Waals surface area contributed by atoms with Gasteiger partial charge in [-0.15, -0.1) is 0 Å². The number of carbonyl (C=O) groups is 2. The molecule has 0 bridgehead atoms. The van der Waals surface area contributed by atoms with Crippen LogP contribution < -0.4 is 9.47 Å². The summed E-state index contributed by atoms with van der Waals surface area (Å²) in [6.45, 7) is 1.95. The van der Waals surface area contributed by atoms with Crippen molar-refractivity contribution in [2.75, 3.05) is 33.4 Å². The van der Waals surface area contributed by atoms with E-state index in [2.05, 4.69) is 0 Å². The number of carboxylic acid groups (broad SMARTS) is 1. The number of hydrogen-bond acceptors (Lipinski definition) is 5. The SMILES string of the molecule is COc1cccc2c1OCC(C(=O)N1CCC([C@@H]3OCCC3C(=O)O)CC1)=C2. The zero-order valence-corrected chi connectivity index (χ0v) is 15.9. The van der Waals surface area contributed by atoms with Crippen LogP contribution in [-0.2, 0) is 14.3 Å². The van der Waals surface area contributed by atoms with E-state index in [9.17, 15) is 14.7 Å². The summed E-state index contributed by atoms with van der Waals surface area (Å²) in [6, 6.07) is 5.61.